The average Bonchev–Trinajstić information content (AvgIpc) is 3.23. The summed E-state index contributed by atoms with van der Waals surface area (Å²) in [6.45, 7) is 3.05. The number of carbonyl (C=O) groups is 2. The van der Waals surface area contributed by atoms with Crippen molar-refractivity contribution in [1.29, 1.82) is 0 Å². The third-order valence-corrected chi connectivity index (χ3v) is 6.00. The van der Waals surface area contributed by atoms with Gasteiger partial charge in [0.1, 0.15) is 0 Å². The number of carbonyl (C=O) groups excluding carboxylic acids is 2. The van der Waals surface area contributed by atoms with E-state index < -0.39 is 12.2 Å². The molecule has 2 aromatic carbocycles. The van der Waals surface area contributed by atoms with Crippen LogP contribution in [0.2, 0.25) is 10.0 Å². The summed E-state index contributed by atoms with van der Waals surface area (Å²) in [6.07, 6.45) is -1.16. The minimum Gasteiger partial charge on any atom is -0.432 e. The molecule has 1 amide bonds. The van der Waals surface area contributed by atoms with Crippen molar-refractivity contribution in [2.75, 3.05) is 26.3 Å². The Kier molecular flexibility index (Phi) is 6.07. The number of esters is 1. The lowest BCUT2D eigenvalue weighted by Gasteiger charge is -2.25. The average molecular weight is 500 g/mol. The van der Waals surface area contributed by atoms with E-state index in [0.29, 0.717) is 58.9 Å². The molecule has 3 heterocycles. The topological polar surface area (TPSA) is 98.9 Å². The van der Waals surface area contributed by atoms with Crippen molar-refractivity contribution < 1.29 is 19.1 Å². The number of aromatic nitrogens is 3. The van der Waals surface area contributed by atoms with Gasteiger partial charge in [0, 0.05) is 41.2 Å². The van der Waals surface area contributed by atoms with Gasteiger partial charge >= 0.3 is 5.97 Å². The van der Waals surface area contributed by atoms with E-state index in [2.05, 4.69) is 10.1 Å². The molecule has 11 heteroatoms. The number of hydrogen-bond donors (Lipinski definition) is 0. The number of benzene rings is 2. The summed E-state index contributed by atoms with van der Waals surface area (Å²) in [6, 6.07) is 12.4. The summed E-state index contributed by atoms with van der Waals surface area (Å²) in [5.41, 5.74) is 2.26. The summed E-state index contributed by atoms with van der Waals surface area (Å²) in [7, 11) is 0. The Morgan fingerprint density at radius 2 is 1.85 bits per heavy atom. The first-order chi connectivity index (χ1) is 16.4. The molecule has 1 aromatic heterocycles. The molecule has 0 radical (unpaired) electrons. The Labute approximate surface area is 204 Å². The zero-order valence-electron chi connectivity index (χ0n) is 18.1. The molecule has 2 aliphatic rings. The molecule has 1 atom stereocenters. The highest BCUT2D eigenvalue weighted by Gasteiger charge is 2.33. The molecule has 5 rings (SSSR count). The minimum absolute atomic E-state index is 0.0219. The number of fused-ring (bicyclic) bond motifs is 3. The van der Waals surface area contributed by atoms with Crippen LogP contribution < -0.4 is 0 Å². The highest BCUT2D eigenvalue weighted by atomic mass is 35.5. The maximum absolute atomic E-state index is 13.1. The number of ether oxygens (including phenoxy) is 2. The van der Waals surface area contributed by atoms with Crippen LogP contribution in [0.1, 0.15) is 40.7 Å². The first kappa shape index (κ1) is 22.5. The molecule has 0 N–H and O–H groups in total. The van der Waals surface area contributed by atoms with Crippen molar-refractivity contribution in [3.63, 3.8) is 0 Å². The fourth-order valence-corrected chi connectivity index (χ4v) is 4.29. The minimum atomic E-state index is -1.16. The Morgan fingerprint density at radius 1 is 1.09 bits per heavy atom. The molecule has 1 unspecified atom stereocenters. The number of hydrogen-bond acceptors (Lipinski definition) is 7. The van der Waals surface area contributed by atoms with Crippen molar-refractivity contribution in [3.05, 3.63) is 75.3 Å². The number of aliphatic imine (C=N–C) groups is 1. The number of halogens is 2. The van der Waals surface area contributed by atoms with E-state index in [4.69, 9.17) is 37.7 Å². The van der Waals surface area contributed by atoms with E-state index in [-0.39, 0.29) is 17.6 Å². The van der Waals surface area contributed by atoms with Gasteiger partial charge in [0.05, 0.1) is 24.6 Å². The fraction of sp³-hybridized carbons (Fsp3) is 0.261. The van der Waals surface area contributed by atoms with Crippen molar-refractivity contribution in [1.82, 2.24) is 19.7 Å². The Balaban J connectivity index is 1.70. The Bertz CT molecular complexity index is 1320. The summed E-state index contributed by atoms with van der Waals surface area (Å²) < 4.78 is 12.3. The standard InChI is InChI=1S/C23H19Cl2N5O4/c1-13(31)34-22-21-27-20(23(32)29-8-10-33-11-9-29)28-30(21)18-7-6-14(24)12-16(18)19(26-22)15-4-2-3-5-17(15)25/h2-7,12,22H,8-11H2,1H3. The van der Waals surface area contributed by atoms with Gasteiger partial charge in [-0.25, -0.2) is 14.7 Å². The molecule has 2 aliphatic heterocycles. The molecular weight excluding hydrogens is 481 g/mol. The third-order valence-electron chi connectivity index (χ3n) is 5.44. The molecule has 3 aromatic rings. The maximum atomic E-state index is 13.1. The molecule has 1 saturated heterocycles. The van der Waals surface area contributed by atoms with Crippen LogP contribution >= 0.6 is 23.2 Å². The van der Waals surface area contributed by atoms with E-state index in [1.54, 1.807) is 29.2 Å². The molecule has 0 aliphatic carbocycles. The normalized spacial score (nSPS) is 17.3. The van der Waals surface area contributed by atoms with Gasteiger partial charge in [0.2, 0.25) is 5.82 Å². The van der Waals surface area contributed by atoms with Gasteiger partial charge < -0.3 is 14.4 Å². The Morgan fingerprint density at radius 3 is 2.59 bits per heavy atom. The van der Waals surface area contributed by atoms with E-state index in [1.807, 2.05) is 18.2 Å². The van der Waals surface area contributed by atoms with Crippen molar-refractivity contribution in [2.24, 2.45) is 4.99 Å². The molecule has 174 valence electrons. The fourth-order valence-electron chi connectivity index (χ4n) is 3.89. The summed E-state index contributed by atoms with van der Waals surface area (Å²) >= 11 is 12.8. The van der Waals surface area contributed by atoms with Crippen molar-refractivity contribution in [3.8, 4) is 5.69 Å². The number of rotatable bonds is 3. The summed E-state index contributed by atoms with van der Waals surface area (Å²) in [5.74, 6) is -0.730. The van der Waals surface area contributed by atoms with Crippen LogP contribution in [-0.2, 0) is 14.3 Å². The van der Waals surface area contributed by atoms with E-state index >= 15 is 0 Å². The van der Waals surface area contributed by atoms with Gasteiger partial charge in [0.25, 0.3) is 12.1 Å². The molecule has 0 saturated carbocycles. The second kappa shape index (κ2) is 9.17. The number of amides is 1. The van der Waals surface area contributed by atoms with Crippen molar-refractivity contribution in [2.45, 2.75) is 13.2 Å². The summed E-state index contributed by atoms with van der Waals surface area (Å²) in [5, 5.41) is 5.43. The predicted octanol–water partition coefficient (Wildman–Crippen LogP) is 3.46. The second-order valence-electron chi connectivity index (χ2n) is 7.69. The number of morpholine rings is 1. The number of nitrogens with zero attached hydrogens (tertiary/aromatic N) is 5. The Hall–Kier alpha value is -3.27. The maximum Gasteiger partial charge on any atom is 0.304 e. The van der Waals surface area contributed by atoms with Crippen LogP contribution in [0.3, 0.4) is 0 Å². The monoisotopic (exact) mass is 499 g/mol. The van der Waals surface area contributed by atoms with Gasteiger partial charge in [-0.05, 0) is 24.3 Å². The first-order valence-electron chi connectivity index (χ1n) is 10.6. The first-order valence-corrected chi connectivity index (χ1v) is 11.3. The highest BCUT2D eigenvalue weighted by molar-refractivity contribution is 6.36. The summed E-state index contributed by atoms with van der Waals surface area (Å²) in [4.78, 5) is 35.9. The van der Waals surface area contributed by atoms with E-state index in [0.717, 1.165) is 0 Å². The molecule has 34 heavy (non-hydrogen) atoms. The van der Waals surface area contributed by atoms with Gasteiger partial charge in [-0.3, -0.25) is 9.59 Å². The van der Waals surface area contributed by atoms with Gasteiger partial charge in [-0.15, -0.1) is 5.10 Å². The lowest BCUT2D eigenvalue weighted by Crippen LogP contribution is -2.41. The predicted molar refractivity (Wildman–Crippen MR) is 125 cm³/mol. The molecule has 9 nitrogen and oxygen atoms in total. The van der Waals surface area contributed by atoms with Gasteiger partial charge in [-0.2, -0.15) is 0 Å². The van der Waals surface area contributed by atoms with Crippen LogP contribution in [-0.4, -0.2) is 63.6 Å². The zero-order valence-corrected chi connectivity index (χ0v) is 19.6. The van der Waals surface area contributed by atoms with E-state index in [1.165, 1.54) is 11.6 Å². The lowest BCUT2D eigenvalue weighted by molar-refractivity contribution is -0.146. The molecule has 0 bridgehead atoms. The third kappa shape index (κ3) is 4.18. The van der Waals surface area contributed by atoms with Crippen molar-refractivity contribution >= 4 is 40.8 Å². The quantitative estimate of drug-likeness (QED) is 0.511. The largest absolute Gasteiger partial charge is 0.432 e. The van der Waals surface area contributed by atoms with Crippen LogP contribution in [0, 0.1) is 0 Å². The zero-order chi connectivity index (χ0) is 23.8. The van der Waals surface area contributed by atoms with Gasteiger partial charge in [0.15, 0.2) is 5.82 Å². The molecular formula is C23H19Cl2N5O4. The van der Waals surface area contributed by atoms with Crippen LogP contribution in [0.25, 0.3) is 5.69 Å². The smallest absolute Gasteiger partial charge is 0.304 e. The lowest BCUT2D eigenvalue weighted by atomic mass is 10.0. The van der Waals surface area contributed by atoms with Crippen LogP contribution in [0.4, 0.5) is 0 Å². The molecule has 1 fully saturated rings. The SMILES string of the molecule is CC(=O)OC1N=C(c2ccccc2Cl)c2cc(Cl)ccc2-n2nc(C(=O)N3CCOCC3)nc21. The second-order valence-corrected chi connectivity index (χ2v) is 8.53. The highest BCUT2D eigenvalue weighted by Crippen LogP contribution is 2.33. The van der Waals surface area contributed by atoms with E-state index in [9.17, 15) is 9.59 Å². The van der Waals surface area contributed by atoms with Crippen LogP contribution in [0.5, 0.6) is 0 Å². The molecule has 0 spiro atoms. The van der Waals surface area contributed by atoms with Crippen LogP contribution in [0.15, 0.2) is 47.5 Å². The van der Waals surface area contributed by atoms with Gasteiger partial charge in [-0.1, -0.05) is 41.4 Å².